The highest BCUT2D eigenvalue weighted by atomic mass is 32.2. The van der Waals surface area contributed by atoms with Crippen molar-refractivity contribution in [2.24, 2.45) is 0 Å². The number of benzene rings is 1. The summed E-state index contributed by atoms with van der Waals surface area (Å²) in [5.74, 6) is 1.72. The third-order valence-electron chi connectivity index (χ3n) is 3.31. The monoisotopic (exact) mass is 347 g/mol. The van der Waals surface area contributed by atoms with Crippen LogP contribution < -0.4 is 14.2 Å². The summed E-state index contributed by atoms with van der Waals surface area (Å²) in [4.78, 5) is 0.0948. The van der Waals surface area contributed by atoms with E-state index in [-0.39, 0.29) is 11.4 Å². The molecule has 0 saturated carbocycles. The molecule has 1 aromatic rings. The van der Waals surface area contributed by atoms with Gasteiger partial charge in [0.25, 0.3) is 0 Å². The highest BCUT2D eigenvalue weighted by molar-refractivity contribution is 7.98. The zero-order valence-corrected chi connectivity index (χ0v) is 14.3. The van der Waals surface area contributed by atoms with E-state index in [1.807, 2.05) is 6.26 Å². The first-order valence-corrected chi connectivity index (χ1v) is 9.82. The Balaban J connectivity index is 2.07. The summed E-state index contributed by atoms with van der Waals surface area (Å²) >= 11 is 1.61. The molecular formula is C14H21NO5S2. The van der Waals surface area contributed by atoms with Crippen LogP contribution >= 0.6 is 11.8 Å². The Morgan fingerprint density at radius 3 is 2.68 bits per heavy atom. The molecule has 1 aliphatic heterocycles. The Morgan fingerprint density at radius 2 is 2.00 bits per heavy atom. The Hall–Kier alpha value is -0.960. The van der Waals surface area contributed by atoms with Crippen LogP contribution in [0.5, 0.6) is 11.5 Å². The molecule has 6 nitrogen and oxygen atoms in total. The smallest absolute Gasteiger partial charge is 0.240 e. The second-order valence-corrected chi connectivity index (χ2v) is 8.12. The Kier molecular flexibility index (Phi) is 5.60. The van der Waals surface area contributed by atoms with Gasteiger partial charge < -0.3 is 14.6 Å². The summed E-state index contributed by atoms with van der Waals surface area (Å²) in [6.45, 7) is 2.43. The zero-order chi connectivity index (χ0) is 16.2. The van der Waals surface area contributed by atoms with Crippen molar-refractivity contribution < 1.29 is 23.0 Å². The van der Waals surface area contributed by atoms with Gasteiger partial charge in [0.1, 0.15) is 13.2 Å². The van der Waals surface area contributed by atoms with E-state index in [1.165, 1.54) is 12.1 Å². The summed E-state index contributed by atoms with van der Waals surface area (Å²) in [5, 5.41) is 10.2. The third kappa shape index (κ3) is 4.52. The van der Waals surface area contributed by atoms with Crippen LogP contribution in [0.25, 0.3) is 0 Å². The van der Waals surface area contributed by atoms with Crippen LogP contribution in [-0.4, -0.2) is 50.9 Å². The van der Waals surface area contributed by atoms with Gasteiger partial charge in [-0.25, -0.2) is 13.1 Å². The SMILES string of the molecule is CSCC[C@@](C)(O)CNS(=O)(=O)c1ccc2c(c1)OCCO2. The molecule has 0 saturated heterocycles. The number of hydrogen-bond donors (Lipinski definition) is 2. The number of rotatable bonds is 7. The van der Waals surface area contributed by atoms with E-state index in [2.05, 4.69) is 4.72 Å². The van der Waals surface area contributed by atoms with Crippen molar-refractivity contribution in [1.29, 1.82) is 0 Å². The molecule has 2 rings (SSSR count). The van der Waals surface area contributed by atoms with Crippen molar-refractivity contribution in [1.82, 2.24) is 4.72 Å². The summed E-state index contributed by atoms with van der Waals surface area (Å²) in [7, 11) is -3.70. The Morgan fingerprint density at radius 1 is 1.32 bits per heavy atom. The van der Waals surface area contributed by atoms with Crippen molar-refractivity contribution >= 4 is 21.8 Å². The van der Waals surface area contributed by atoms with Crippen LogP contribution in [0.3, 0.4) is 0 Å². The Labute approximate surface area is 135 Å². The van der Waals surface area contributed by atoms with Gasteiger partial charge in [0.15, 0.2) is 11.5 Å². The summed E-state index contributed by atoms with van der Waals surface area (Å²) in [6, 6.07) is 4.48. The van der Waals surface area contributed by atoms with E-state index in [4.69, 9.17) is 9.47 Å². The molecule has 0 fully saturated rings. The summed E-state index contributed by atoms with van der Waals surface area (Å²) < 4.78 is 37.8. The van der Waals surface area contributed by atoms with Gasteiger partial charge in [0, 0.05) is 12.6 Å². The molecule has 22 heavy (non-hydrogen) atoms. The molecule has 0 aliphatic carbocycles. The standard InChI is InChI=1S/C14H21NO5S2/c1-14(16,5-8-21-2)10-15-22(17,18)11-3-4-12-13(9-11)20-7-6-19-12/h3-4,9,15-16H,5-8,10H2,1-2H3/t14-/m1/s1. The van der Waals surface area contributed by atoms with Gasteiger partial charge in [-0.15, -0.1) is 0 Å². The maximum absolute atomic E-state index is 12.3. The fraction of sp³-hybridized carbons (Fsp3) is 0.571. The van der Waals surface area contributed by atoms with Gasteiger partial charge >= 0.3 is 0 Å². The van der Waals surface area contributed by atoms with Crippen LogP contribution in [0.1, 0.15) is 13.3 Å². The number of sulfonamides is 1. The molecule has 0 bridgehead atoms. The van der Waals surface area contributed by atoms with Crippen molar-refractivity contribution in [3.05, 3.63) is 18.2 Å². The minimum absolute atomic E-state index is 0.0374. The maximum atomic E-state index is 12.3. The number of aliphatic hydroxyl groups is 1. The first kappa shape index (κ1) is 17.4. The minimum atomic E-state index is -3.70. The van der Waals surface area contributed by atoms with Crippen molar-refractivity contribution in [3.8, 4) is 11.5 Å². The van der Waals surface area contributed by atoms with E-state index in [0.29, 0.717) is 31.1 Å². The first-order valence-electron chi connectivity index (χ1n) is 6.95. The van der Waals surface area contributed by atoms with Crippen LogP contribution in [0.2, 0.25) is 0 Å². The molecule has 1 aromatic carbocycles. The minimum Gasteiger partial charge on any atom is -0.486 e. The highest BCUT2D eigenvalue weighted by Crippen LogP contribution is 2.32. The predicted molar refractivity (Wildman–Crippen MR) is 86.2 cm³/mol. The molecule has 124 valence electrons. The predicted octanol–water partition coefficient (Wildman–Crippen LogP) is 1.24. The van der Waals surface area contributed by atoms with E-state index in [0.717, 1.165) is 5.75 Å². The molecule has 0 aromatic heterocycles. The van der Waals surface area contributed by atoms with Crippen molar-refractivity contribution in [2.75, 3.05) is 31.8 Å². The number of fused-ring (bicyclic) bond motifs is 1. The van der Waals surface area contributed by atoms with Gasteiger partial charge in [-0.3, -0.25) is 0 Å². The van der Waals surface area contributed by atoms with E-state index < -0.39 is 15.6 Å². The van der Waals surface area contributed by atoms with Crippen molar-refractivity contribution in [3.63, 3.8) is 0 Å². The van der Waals surface area contributed by atoms with Gasteiger partial charge in [-0.2, -0.15) is 11.8 Å². The lowest BCUT2D eigenvalue weighted by atomic mass is 10.1. The number of ether oxygens (including phenoxy) is 2. The van der Waals surface area contributed by atoms with Gasteiger partial charge in [0.2, 0.25) is 10.0 Å². The molecule has 0 amide bonds. The normalized spacial score (nSPS) is 17.0. The quantitative estimate of drug-likeness (QED) is 0.772. The lowest BCUT2D eigenvalue weighted by Crippen LogP contribution is -2.41. The summed E-state index contributed by atoms with van der Waals surface area (Å²) in [6.07, 6.45) is 2.45. The first-order chi connectivity index (χ1) is 10.3. The van der Waals surface area contributed by atoms with Crippen LogP contribution in [0.4, 0.5) is 0 Å². The van der Waals surface area contributed by atoms with Crippen molar-refractivity contribution in [2.45, 2.75) is 23.8 Å². The van der Waals surface area contributed by atoms with Crippen LogP contribution in [0, 0.1) is 0 Å². The molecule has 0 unspecified atom stereocenters. The lowest BCUT2D eigenvalue weighted by molar-refractivity contribution is 0.0626. The largest absolute Gasteiger partial charge is 0.486 e. The molecule has 0 radical (unpaired) electrons. The Bertz CT molecular complexity index is 616. The second-order valence-electron chi connectivity index (χ2n) is 5.37. The maximum Gasteiger partial charge on any atom is 0.240 e. The zero-order valence-electron chi connectivity index (χ0n) is 12.7. The van der Waals surface area contributed by atoms with Crippen LogP contribution in [-0.2, 0) is 10.0 Å². The average Bonchev–Trinajstić information content (AvgIpc) is 2.51. The second kappa shape index (κ2) is 7.08. The third-order valence-corrected chi connectivity index (χ3v) is 5.32. The summed E-state index contributed by atoms with van der Waals surface area (Å²) in [5.41, 5.74) is -1.08. The number of nitrogens with one attached hydrogen (secondary N) is 1. The average molecular weight is 347 g/mol. The molecule has 0 spiro atoms. The number of hydrogen-bond acceptors (Lipinski definition) is 6. The molecular weight excluding hydrogens is 326 g/mol. The van der Waals surface area contributed by atoms with Gasteiger partial charge in [-0.05, 0) is 37.5 Å². The topological polar surface area (TPSA) is 84.9 Å². The molecule has 8 heteroatoms. The van der Waals surface area contributed by atoms with E-state index >= 15 is 0 Å². The van der Waals surface area contributed by atoms with E-state index in [9.17, 15) is 13.5 Å². The van der Waals surface area contributed by atoms with Crippen LogP contribution in [0.15, 0.2) is 23.1 Å². The fourth-order valence-electron chi connectivity index (χ4n) is 1.93. The fourth-order valence-corrected chi connectivity index (χ4v) is 3.76. The number of thioether (sulfide) groups is 1. The van der Waals surface area contributed by atoms with Gasteiger partial charge in [-0.1, -0.05) is 0 Å². The molecule has 1 heterocycles. The molecule has 1 atom stereocenters. The molecule has 1 aliphatic rings. The molecule has 2 N–H and O–H groups in total. The van der Waals surface area contributed by atoms with Gasteiger partial charge in [0.05, 0.1) is 10.5 Å². The lowest BCUT2D eigenvalue weighted by Gasteiger charge is -2.23. The van der Waals surface area contributed by atoms with E-state index in [1.54, 1.807) is 24.8 Å². The highest BCUT2D eigenvalue weighted by Gasteiger charge is 2.25.